The zero-order valence-electron chi connectivity index (χ0n) is 12.1. The summed E-state index contributed by atoms with van der Waals surface area (Å²) in [5.41, 5.74) is 1.51. The van der Waals surface area contributed by atoms with Crippen LogP contribution in [0.4, 0.5) is 0 Å². The largest absolute Gasteiger partial charge is 0.0654 e. The summed E-state index contributed by atoms with van der Waals surface area (Å²) in [4.78, 5) is 0. The molecule has 4 bridgehead atoms. The molecule has 0 aliphatic heterocycles. The van der Waals surface area contributed by atoms with Crippen LogP contribution in [0.15, 0.2) is 0 Å². The predicted octanol–water partition coefficient (Wildman–Crippen LogP) is 5.42. The molecule has 4 aliphatic carbocycles. The zero-order chi connectivity index (χ0) is 12.1. The monoisotopic (exact) mass is 234 g/mol. The average molecular weight is 234 g/mol. The van der Waals surface area contributed by atoms with Crippen molar-refractivity contribution in [2.45, 2.75) is 78.6 Å². The topological polar surface area (TPSA) is 0 Å². The highest BCUT2D eigenvalue weighted by molar-refractivity contribution is 5.10. The van der Waals surface area contributed by atoms with Crippen molar-refractivity contribution in [1.82, 2.24) is 0 Å². The van der Waals surface area contributed by atoms with Crippen LogP contribution in [0.2, 0.25) is 0 Å². The summed E-state index contributed by atoms with van der Waals surface area (Å²) in [6.45, 7) is 7.47. The van der Waals surface area contributed by atoms with E-state index in [9.17, 15) is 0 Å². The van der Waals surface area contributed by atoms with E-state index in [1.165, 1.54) is 19.3 Å². The fourth-order valence-electron chi connectivity index (χ4n) is 6.73. The molecule has 0 amide bonds. The quantitative estimate of drug-likeness (QED) is 0.609. The fourth-order valence-corrected chi connectivity index (χ4v) is 6.73. The average Bonchev–Trinajstić information content (AvgIpc) is 2.24. The number of hydrogen-bond donors (Lipinski definition) is 0. The van der Waals surface area contributed by atoms with E-state index in [-0.39, 0.29) is 0 Å². The molecule has 3 atom stereocenters. The first-order valence-electron chi connectivity index (χ1n) is 8.12. The molecule has 4 fully saturated rings. The SMILES string of the molecule is CCCCC12CC3CC(CC(C)(C3)C1CC)C2. The van der Waals surface area contributed by atoms with Crippen molar-refractivity contribution in [2.24, 2.45) is 28.6 Å². The predicted molar refractivity (Wildman–Crippen MR) is 73.9 cm³/mol. The van der Waals surface area contributed by atoms with Gasteiger partial charge in [0.2, 0.25) is 0 Å². The van der Waals surface area contributed by atoms with E-state index in [1.54, 1.807) is 38.5 Å². The highest BCUT2D eigenvalue weighted by Gasteiger charge is 2.60. The van der Waals surface area contributed by atoms with Gasteiger partial charge in [0, 0.05) is 0 Å². The summed E-state index contributed by atoms with van der Waals surface area (Å²) >= 11 is 0. The Morgan fingerprint density at radius 2 is 1.65 bits per heavy atom. The van der Waals surface area contributed by atoms with Crippen LogP contribution in [-0.2, 0) is 0 Å². The molecule has 0 nitrogen and oxygen atoms in total. The molecule has 0 heteroatoms. The Morgan fingerprint density at radius 3 is 2.18 bits per heavy atom. The molecule has 4 rings (SSSR count). The minimum Gasteiger partial charge on any atom is -0.0654 e. The van der Waals surface area contributed by atoms with Crippen molar-refractivity contribution in [1.29, 1.82) is 0 Å². The Balaban J connectivity index is 1.90. The molecule has 17 heavy (non-hydrogen) atoms. The van der Waals surface area contributed by atoms with E-state index in [4.69, 9.17) is 0 Å². The third kappa shape index (κ3) is 1.70. The summed E-state index contributed by atoms with van der Waals surface area (Å²) in [5.74, 6) is 3.26. The molecule has 98 valence electrons. The Hall–Kier alpha value is 0. The number of unbranched alkanes of at least 4 members (excludes halogenated alkanes) is 1. The van der Waals surface area contributed by atoms with E-state index < -0.39 is 0 Å². The zero-order valence-corrected chi connectivity index (χ0v) is 12.1. The van der Waals surface area contributed by atoms with Crippen LogP contribution in [0, 0.1) is 28.6 Å². The van der Waals surface area contributed by atoms with Crippen LogP contribution in [-0.4, -0.2) is 0 Å². The van der Waals surface area contributed by atoms with Gasteiger partial charge in [-0.2, -0.15) is 0 Å². The summed E-state index contributed by atoms with van der Waals surface area (Å²) in [6.07, 6.45) is 13.8. The second kappa shape index (κ2) is 4.00. The maximum Gasteiger partial charge on any atom is -0.0259 e. The van der Waals surface area contributed by atoms with Crippen LogP contribution < -0.4 is 0 Å². The lowest BCUT2D eigenvalue weighted by Gasteiger charge is -2.66. The van der Waals surface area contributed by atoms with Crippen molar-refractivity contribution in [3.8, 4) is 0 Å². The normalized spacial score (nSPS) is 52.1. The van der Waals surface area contributed by atoms with Crippen LogP contribution >= 0.6 is 0 Å². The highest BCUT2D eigenvalue weighted by atomic mass is 14.6. The van der Waals surface area contributed by atoms with Crippen LogP contribution in [0.5, 0.6) is 0 Å². The van der Waals surface area contributed by atoms with Gasteiger partial charge in [-0.15, -0.1) is 0 Å². The molecule has 4 saturated carbocycles. The maximum absolute atomic E-state index is 2.64. The van der Waals surface area contributed by atoms with Crippen LogP contribution in [0.1, 0.15) is 78.6 Å². The minimum atomic E-state index is 0.729. The van der Waals surface area contributed by atoms with Gasteiger partial charge in [-0.1, -0.05) is 40.0 Å². The lowest BCUT2D eigenvalue weighted by molar-refractivity contribution is -0.164. The van der Waals surface area contributed by atoms with Crippen molar-refractivity contribution in [2.75, 3.05) is 0 Å². The van der Waals surface area contributed by atoms with Crippen molar-refractivity contribution in [3.63, 3.8) is 0 Å². The molecule has 0 spiro atoms. The Labute approximate surface area is 108 Å². The first kappa shape index (κ1) is 12.1. The van der Waals surface area contributed by atoms with Gasteiger partial charge in [-0.25, -0.2) is 0 Å². The summed E-state index contributed by atoms with van der Waals surface area (Å²) in [5, 5.41) is 0. The minimum absolute atomic E-state index is 0.729. The molecule has 0 radical (unpaired) electrons. The van der Waals surface area contributed by atoms with Gasteiger partial charge >= 0.3 is 0 Å². The third-order valence-electron chi connectivity index (χ3n) is 6.58. The Kier molecular flexibility index (Phi) is 2.84. The fraction of sp³-hybridized carbons (Fsp3) is 1.00. The van der Waals surface area contributed by atoms with Gasteiger partial charge in [0.15, 0.2) is 0 Å². The number of hydrogen-bond acceptors (Lipinski definition) is 0. The van der Waals surface area contributed by atoms with E-state index in [0.717, 1.165) is 28.6 Å². The summed E-state index contributed by atoms with van der Waals surface area (Å²) in [7, 11) is 0. The second-order valence-corrected chi connectivity index (χ2v) is 7.87. The third-order valence-corrected chi connectivity index (χ3v) is 6.58. The first-order valence-corrected chi connectivity index (χ1v) is 8.12. The van der Waals surface area contributed by atoms with Crippen LogP contribution in [0.3, 0.4) is 0 Å². The Bertz CT molecular complexity index is 276. The standard InChI is InChI=1S/C17H30/c1-4-6-7-17-11-13-8-14(12-17)10-16(3,9-13)15(17)5-2/h13-15H,4-12H2,1-3H3. The second-order valence-electron chi connectivity index (χ2n) is 7.87. The van der Waals surface area contributed by atoms with Crippen molar-refractivity contribution >= 4 is 0 Å². The van der Waals surface area contributed by atoms with Gasteiger partial charge in [0.1, 0.15) is 0 Å². The van der Waals surface area contributed by atoms with Gasteiger partial charge in [0.05, 0.1) is 0 Å². The molecular formula is C17H30. The lowest BCUT2D eigenvalue weighted by Crippen LogP contribution is -2.57. The van der Waals surface area contributed by atoms with Gasteiger partial charge in [-0.3, -0.25) is 0 Å². The van der Waals surface area contributed by atoms with Gasteiger partial charge in [0.25, 0.3) is 0 Å². The summed E-state index contributed by atoms with van der Waals surface area (Å²) < 4.78 is 0. The highest BCUT2D eigenvalue weighted by Crippen LogP contribution is 2.70. The van der Waals surface area contributed by atoms with Gasteiger partial charge < -0.3 is 0 Å². The Morgan fingerprint density at radius 1 is 1.00 bits per heavy atom. The van der Waals surface area contributed by atoms with Crippen LogP contribution in [0.25, 0.3) is 0 Å². The van der Waals surface area contributed by atoms with Gasteiger partial charge in [-0.05, 0) is 67.1 Å². The first-order chi connectivity index (χ1) is 8.12. The molecule has 0 N–H and O–H groups in total. The lowest BCUT2D eigenvalue weighted by atomic mass is 9.39. The van der Waals surface area contributed by atoms with E-state index in [2.05, 4.69) is 20.8 Å². The molecule has 0 heterocycles. The molecule has 0 aromatic rings. The van der Waals surface area contributed by atoms with Crippen molar-refractivity contribution < 1.29 is 0 Å². The van der Waals surface area contributed by atoms with E-state index in [0.29, 0.717) is 0 Å². The molecular weight excluding hydrogens is 204 g/mol. The molecule has 0 aromatic heterocycles. The van der Waals surface area contributed by atoms with E-state index in [1.807, 2.05) is 0 Å². The number of rotatable bonds is 4. The molecule has 3 unspecified atom stereocenters. The molecule has 4 aliphatic rings. The molecule has 0 saturated heterocycles. The van der Waals surface area contributed by atoms with E-state index >= 15 is 0 Å². The molecule has 0 aromatic carbocycles. The maximum atomic E-state index is 2.64. The van der Waals surface area contributed by atoms with Crippen molar-refractivity contribution in [3.05, 3.63) is 0 Å². The smallest absolute Gasteiger partial charge is 0.0259 e. The summed E-state index contributed by atoms with van der Waals surface area (Å²) in [6, 6.07) is 0.